The number of hydrogen-bond acceptors (Lipinski definition) is 3. The fourth-order valence-electron chi connectivity index (χ4n) is 3.70. The second kappa shape index (κ2) is 10.9. The maximum Gasteiger partial charge on any atom is 0.251 e. The van der Waals surface area contributed by atoms with Gasteiger partial charge in [0.25, 0.3) is 5.91 Å². The second-order valence-electron chi connectivity index (χ2n) is 7.43. The van der Waals surface area contributed by atoms with Gasteiger partial charge in [0.1, 0.15) is 0 Å². The Labute approximate surface area is 163 Å². The van der Waals surface area contributed by atoms with Crippen molar-refractivity contribution < 1.29 is 9.53 Å². The minimum absolute atomic E-state index is 0.0482. The van der Waals surface area contributed by atoms with Gasteiger partial charge in [-0.2, -0.15) is 0 Å². The van der Waals surface area contributed by atoms with E-state index in [4.69, 9.17) is 4.74 Å². The highest BCUT2D eigenvalue weighted by molar-refractivity contribution is 5.94. The molecule has 0 radical (unpaired) electrons. The molecule has 1 saturated carbocycles. The fraction of sp³-hybridized carbons (Fsp3) is 0.619. The molecule has 1 aromatic rings. The molecule has 0 heterocycles. The van der Waals surface area contributed by atoms with Gasteiger partial charge in [-0.25, -0.2) is 0 Å². The van der Waals surface area contributed by atoms with Crippen molar-refractivity contribution >= 4 is 11.9 Å². The van der Waals surface area contributed by atoms with Gasteiger partial charge < -0.3 is 20.7 Å². The standard InChI is InChI=1S/C21H34N4O2/c1-17-7-6-8-18(15-17)19(26)23-12-13-24-20(22-2)25-16-21(11-14-27-3)9-4-5-10-21/h6-8,15H,4-5,9-14,16H2,1-3H3,(H,23,26)(H2,22,24,25). The molecule has 0 aromatic heterocycles. The Morgan fingerprint density at radius 2 is 1.93 bits per heavy atom. The first kappa shape index (κ1) is 21.2. The third kappa shape index (κ3) is 6.86. The quantitative estimate of drug-likeness (QED) is 0.353. The van der Waals surface area contributed by atoms with Gasteiger partial charge in [0.15, 0.2) is 5.96 Å². The predicted molar refractivity (Wildman–Crippen MR) is 110 cm³/mol. The third-order valence-electron chi connectivity index (χ3n) is 5.34. The highest BCUT2D eigenvalue weighted by atomic mass is 16.5. The Kier molecular flexibility index (Phi) is 8.58. The molecule has 0 spiro atoms. The Morgan fingerprint density at radius 1 is 1.19 bits per heavy atom. The van der Waals surface area contributed by atoms with Crippen LogP contribution >= 0.6 is 0 Å². The van der Waals surface area contributed by atoms with E-state index in [2.05, 4.69) is 20.9 Å². The zero-order chi connectivity index (χ0) is 19.5. The lowest BCUT2D eigenvalue weighted by Crippen LogP contribution is -2.45. The van der Waals surface area contributed by atoms with Crippen LogP contribution in [0.2, 0.25) is 0 Å². The number of ether oxygens (including phenoxy) is 1. The van der Waals surface area contributed by atoms with Gasteiger partial charge in [-0.1, -0.05) is 30.5 Å². The zero-order valence-corrected chi connectivity index (χ0v) is 16.9. The summed E-state index contributed by atoms with van der Waals surface area (Å²) in [5.74, 6) is 0.733. The minimum Gasteiger partial charge on any atom is -0.385 e. The maximum absolute atomic E-state index is 12.2. The molecule has 6 nitrogen and oxygen atoms in total. The summed E-state index contributed by atoms with van der Waals surface area (Å²) < 4.78 is 5.29. The number of rotatable bonds is 9. The summed E-state index contributed by atoms with van der Waals surface area (Å²) in [4.78, 5) is 16.5. The van der Waals surface area contributed by atoms with E-state index in [-0.39, 0.29) is 5.91 Å². The number of aliphatic imine (C=N–C) groups is 1. The van der Waals surface area contributed by atoms with Gasteiger partial charge in [0.2, 0.25) is 0 Å². The van der Waals surface area contributed by atoms with Crippen molar-refractivity contribution in [3.63, 3.8) is 0 Å². The van der Waals surface area contributed by atoms with Crippen LogP contribution in [0.25, 0.3) is 0 Å². The Bertz CT molecular complexity index is 624. The molecular weight excluding hydrogens is 340 g/mol. The number of carbonyl (C=O) groups excluding carboxylic acids is 1. The predicted octanol–water partition coefficient (Wildman–Crippen LogP) is 2.49. The van der Waals surface area contributed by atoms with E-state index >= 15 is 0 Å². The molecule has 6 heteroatoms. The fourth-order valence-corrected chi connectivity index (χ4v) is 3.70. The molecule has 0 saturated heterocycles. The van der Waals surface area contributed by atoms with Crippen LogP contribution in [0.1, 0.15) is 48.0 Å². The average molecular weight is 375 g/mol. The van der Waals surface area contributed by atoms with Crippen LogP contribution in [-0.2, 0) is 4.74 Å². The first-order valence-corrected chi connectivity index (χ1v) is 9.87. The SMILES string of the molecule is CN=C(NCCNC(=O)c1cccc(C)c1)NCC1(CCOC)CCCC1. The van der Waals surface area contributed by atoms with Gasteiger partial charge in [-0.3, -0.25) is 9.79 Å². The van der Waals surface area contributed by atoms with Crippen LogP contribution in [-0.4, -0.2) is 52.3 Å². The van der Waals surface area contributed by atoms with Crippen LogP contribution in [0, 0.1) is 12.3 Å². The first-order valence-electron chi connectivity index (χ1n) is 9.87. The van der Waals surface area contributed by atoms with Crippen LogP contribution in [0.4, 0.5) is 0 Å². The van der Waals surface area contributed by atoms with Crippen molar-refractivity contribution in [2.75, 3.05) is 40.4 Å². The number of methoxy groups -OCH3 is 1. The average Bonchev–Trinajstić information content (AvgIpc) is 3.15. The van der Waals surface area contributed by atoms with E-state index in [1.165, 1.54) is 25.7 Å². The lowest BCUT2D eigenvalue weighted by atomic mass is 9.83. The number of carbonyl (C=O) groups is 1. The number of aryl methyl sites for hydroxylation is 1. The summed E-state index contributed by atoms with van der Waals surface area (Å²) >= 11 is 0. The Morgan fingerprint density at radius 3 is 2.59 bits per heavy atom. The van der Waals surface area contributed by atoms with Crippen molar-refractivity contribution in [3.8, 4) is 0 Å². The highest BCUT2D eigenvalue weighted by Crippen LogP contribution is 2.40. The summed E-state index contributed by atoms with van der Waals surface area (Å²) in [6.07, 6.45) is 6.16. The number of guanidine groups is 1. The van der Waals surface area contributed by atoms with E-state index in [9.17, 15) is 4.79 Å². The van der Waals surface area contributed by atoms with Crippen molar-refractivity contribution in [3.05, 3.63) is 35.4 Å². The molecule has 27 heavy (non-hydrogen) atoms. The molecule has 1 aliphatic carbocycles. The van der Waals surface area contributed by atoms with Crippen molar-refractivity contribution in [2.45, 2.75) is 39.0 Å². The molecule has 1 aromatic carbocycles. The second-order valence-corrected chi connectivity index (χ2v) is 7.43. The number of hydrogen-bond donors (Lipinski definition) is 3. The van der Waals surface area contributed by atoms with E-state index < -0.39 is 0 Å². The molecule has 1 fully saturated rings. The number of nitrogens with one attached hydrogen (secondary N) is 3. The van der Waals surface area contributed by atoms with Gasteiger partial charge >= 0.3 is 0 Å². The lowest BCUT2D eigenvalue weighted by Gasteiger charge is -2.30. The zero-order valence-electron chi connectivity index (χ0n) is 16.9. The van der Waals surface area contributed by atoms with Crippen molar-refractivity contribution in [1.82, 2.24) is 16.0 Å². The van der Waals surface area contributed by atoms with Crippen LogP contribution in [0.15, 0.2) is 29.3 Å². The molecule has 150 valence electrons. The molecule has 0 aliphatic heterocycles. The molecule has 0 bridgehead atoms. The van der Waals surface area contributed by atoms with Crippen LogP contribution in [0.5, 0.6) is 0 Å². The van der Waals surface area contributed by atoms with Crippen molar-refractivity contribution in [2.24, 2.45) is 10.4 Å². The Hall–Kier alpha value is -2.08. The summed E-state index contributed by atoms with van der Waals surface area (Å²) in [7, 11) is 3.54. The number of amides is 1. The molecule has 0 unspecified atom stereocenters. The lowest BCUT2D eigenvalue weighted by molar-refractivity contribution is 0.0954. The topological polar surface area (TPSA) is 74.8 Å². The number of nitrogens with zero attached hydrogens (tertiary/aromatic N) is 1. The molecule has 0 atom stereocenters. The monoisotopic (exact) mass is 374 g/mol. The molecule has 1 amide bonds. The summed E-state index contributed by atoms with van der Waals surface area (Å²) in [5, 5.41) is 9.67. The van der Waals surface area contributed by atoms with E-state index in [0.717, 1.165) is 31.1 Å². The van der Waals surface area contributed by atoms with E-state index in [1.807, 2.05) is 31.2 Å². The highest BCUT2D eigenvalue weighted by Gasteiger charge is 2.33. The van der Waals surface area contributed by atoms with Crippen LogP contribution in [0.3, 0.4) is 0 Å². The molecule has 2 rings (SSSR count). The van der Waals surface area contributed by atoms with Gasteiger partial charge in [-0.15, -0.1) is 0 Å². The summed E-state index contributed by atoms with van der Waals surface area (Å²) in [5.41, 5.74) is 2.09. The summed E-state index contributed by atoms with van der Waals surface area (Å²) in [6.45, 7) is 4.87. The minimum atomic E-state index is -0.0482. The maximum atomic E-state index is 12.2. The third-order valence-corrected chi connectivity index (χ3v) is 5.34. The first-order chi connectivity index (χ1) is 13.1. The molecular formula is C21H34N4O2. The van der Waals surface area contributed by atoms with Gasteiger partial charge in [0.05, 0.1) is 0 Å². The van der Waals surface area contributed by atoms with Gasteiger partial charge in [0, 0.05) is 46.0 Å². The summed E-state index contributed by atoms with van der Waals surface area (Å²) in [6, 6.07) is 7.61. The van der Waals surface area contributed by atoms with E-state index in [1.54, 1.807) is 14.2 Å². The van der Waals surface area contributed by atoms with Crippen LogP contribution < -0.4 is 16.0 Å². The van der Waals surface area contributed by atoms with E-state index in [0.29, 0.717) is 24.1 Å². The Balaban J connectivity index is 1.71. The number of benzene rings is 1. The normalized spacial score (nSPS) is 16.2. The largest absolute Gasteiger partial charge is 0.385 e. The molecule has 1 aliphatic rings. The van der Waals surface area contributed by atoms with Crippen molar-refractivity contribution in [1.29, 1.82) is 0 Å². The molecule has 3 N–H and O–H groups in total. The smallest absolute Gasteiger partial charge is 0.251 e. The van der Waals surface area contributed by atoms with Gasteiger partial charge in [-0.05, 0) is 43.7 Å².